The number of aliphatic carboxylic acids is 1. The van der Waals surface area contributed by atoms with Gasteiger partial charge in [-0.05, 0) is 6.42 Å². The summed E-state index contributed by atoms with van der Waals surface area (Å²) in [5, 5.41) is 8.60. The Morgan fingerprint density at radius 3 is 2.55 bits per heavy atom. The highest BCUT2D eigenvalue weighted by atomic mass is 16.4. The van der Waals surface area contributed by atoms with Gasteiger partial charge in [0.15, 0.2) is 19.0 Å². The van der Waals surface area contributed by atoms with Gasteiger partial charge in [-0.15, -0.1) is 0 Å². The molecular formula is C11H13BN4O4. The summed E-state index contributed by atoms with van der Waals surface area (Å²) in [5.74, 6) is -0.972. The molecule has 0 aliphatic rings. The van der Waals surface area contributed by atoms with Crippen molar-refractivity contribution in [2.45, 2.75) is 19.4 Å². The molecule has 104 valence electrons. The van der Waals surface area contributed by atoms with Crippen LogP contribution in [0.3, 0.4) is 0 Å². The monoisotopic (exact) mass is 276 g/mol. The Bertz CT molecular complexity index is 801. The zero-order valence-corrected chi connectivity index (χ0v) is 11.2. The van der Waals surface area contributed by atoms with E-state index in [1.807, 2.05) is 0 Å². The lowest BCUT2D eigenvalue weighted by molar-refractivity contribution is -0.137. The first-order chi connectivity index (χ1) is 9.34. The maximum Gasteiger partial charge on any atom is 0.332 e. The quantitative estimate of drug-likeness (QED) is 0.657. The number of aryl methyl sites for hydroxylation is 2. The van der Waals surface area contributed by atoms with Crippen LogP contribution in [-0.2, 0) is 25.4 Å². The van der Waals surface area contributed by atoms with Gasteiger partial charge in [-0.2, -0.15) is 0 Å². The number of hydrogen-bond donors (Lipinski definition) is 1. The van der Waals surface area contributed by atoms with E-state index in [2.05, 4.69) is 4.98 Å². The van der Waals surface area contributed by atoms with Gasteiger partial charge in [-0.25, -0.2) is 9.78 Å². The van der Waals surface area contributed by atoms with Crippen molar-refractivity contribution in [3.05, 3.63) is 20.8 Å². The molecule has 0 atom stereocenters. The minimum Gasteiger partial charge on any atom is -0.481 e. The second kappa shape index (κ2) is 4.99. The number of hydrogen-bond acceptors (Lipinski definition) is 4. The van der Waals surface area contributed by atoms with Gasteiger partial charge < -0.3 is 9.67 Å². The van der Waals surface area contributed by atoms with E-state index in [-0.39, 0.29) is 36.3 Å². The fraction of sp³-hybridized carbons (Fsp3) is 0.455. The number of aromatic nitrogens is 4. The van der Waals surface area contributed by atoms with E-state index in [9.17, 15) is 14.4 Å². The van der Waals surface area contributed by atoms with E-state index in [1.54, 1.807) is 7.05 Å². The molecule has 0 spiro atoms. The highest BCUT2D eigenvalue weighted by Crippen LogP contribution is 2.01. The van der Waals surface area contributed by atoms with E-state index in [0.29, 0.717) is 0 Å². The number of carboxylic acids is 1. The highest BCUT2D eigenvalue weighted by Gasteiger charge is 2.16. The Labute approximate surface area is 114 Å². The number of carboxylic acid groups (broad SMARTS) is 1. The molecule has 0 bridgehead atoms. The second-order valence-electron chi connectivity index (χ2n) is 4.50. The molecule has 0 fully saturated rings. The fourth-order valence-electron chi connectivity index (χ4n) is 2.05. The minimum absolute atomic E-state index is 0.0405. The van der Waals surface area contributed by atoms with Crippen LogP contribution in [0.5, 0.6) is 0 Å². The topological polar surface area (TPSA) is 99.1 Å². The van der Waals surface area contributed by atoms with Gasteiger partial charge >= 0.3 is 11.7 Å². The molecule has 0 unspecified atom stereocenters. The first-order valence-corrected chi connectivity index (χ1v) is 5.98. The summed E-state index contributed by atoms with van der Waals surface area (Å²) in [7, 11) is 8.71. The van der Waals surface area contributed by atoms with Crippen molar-refractivity contribution in [2.75, 3.05) is 0 Å². The van der Waals surface area contributed by atoms with Crippen LogP contribution in [0.15, 0.2) is 9.59 Å². The van der Waals surface area contributed by atoms with E-state index in [4.69, 9.17) is 13.0 Å². The summed E-state index contributed by atoms with van der Waals surface area (Å²) < 4.78 is 3.64. The number of nitrogens with zero attached hydrogens (tertiary/aromatic N) is 4. The predicted molar refractivity (Wildman–Crippen MR) is 72.5 cm³/mol. The molecule has 2 aromatic heterocycles. The molecule has 0 aliphatic carbocycles. The lowest BCUT2D eigenvalue weighted by Gasteiger charge is -2.07. The molecule has 2 aromatic rings. The molecule has 0 amide bonds. The van der Waals surface area contributed by atoms with Crippen molar-refractivity contribution in [1.29, 1.82) is 0 Å². The average molecular weight is 276 g/mol. The van der Waals surface area contributed by atoms with E-state index >= 15 is 0 Å². The third-order valence-corrected chi connectivity index (χ3v) is 3.17. The second-order valence-corrected chi connectivity index (χ2v) is 4.50. The van der Waals surface area contributed by atoms with Crippen LogP contribution in [0.4, 0.5) is 0 Å². The summed E-state index contributed by atoms with van der Waals surface area (Å²) in [4.78, 5) is 38.9. The van der Waals surface area contributed by atoms with Crippen molar-refractivity contribution in [2.24, 2.45) is 14.1 Å². The van der Waals surface area contributed by atoms with Gasteiger partial charge in [0.1, 0.15) is 0 Å². The molecule has 2 radical (unpaired) electrons. The molecule has 0 aromatic carbocycles. The molecule has 0 aliphatic heterocycles. The normalized spacial score (nSPS) is 11.1. The summed E-state index contributed by atoms with van der Waals surface area (Å²) >= 11 is 0. The summed E-state index contributed by atoms with van der Waals surface area (Å²) in [5.41, 5.74) is -0.476. The Balaban J connectivity index is 2.61. The Hall–Kier alpha value is -2.32. The number of fused-ring (bicyclic) bond motifs is 1. The predicted octanol–water partition coefficient (Wildman–Crippen LogP) is -1.91. The molecule has 2 heterocycles. The molecule has 20 heavy (non-hydrogen) atoms. The Morgan fingerprint density at radius 2 is 1.95 bits per heavy atom. The van der Waals surface area contributed by atoms with Gasteiger partial charge in [0.25, 0.3) is 5.56 Å². The lowest BCUT2D eigenvalue weighted by Crippen LogP contribution is -2.39. The summed E-state index contributed by atoms with van der Waals surface area (Å²) in [6.45, 7) is 0.0405. The Morgan fingerprint density at radius 1 is 1.30 bits per heavy atom. The highest BCUT2D eigenvalue weighted by molar-refractivity contribution is 6.30. The number of carbonyl (C=O) groups is 1. The average Bonchev–Trinajstić information content (AvgIpc) is 2.67. The van der Waals surface area contributed by atoms with Crippen molar-refractivity contribution < 1.29 is 9.90 Å². The van der Waals surface area contributed by atoms with Gasteiger partial charge in [-0.1, -0.05) is 0 Å². The third kappa shape index (κ3) is 2.15. The summed E-state index contributed by atoms with van der Waals surface area (Å²) in [6, 6.07) is 0. The molecule has 0 saturated carbocycles. The van der Waals surface area contributed by atoms with Crippen LogP contribution in [0.2, 0.25) is 0 Å². The van der Waals surface area contributed by atoms with Crippen LogP contribution in [0.25, 0.3) is 11.2 Å². The standard InChI is InChI=1S/C11H13BN4O4/c1-14-7-8(13-10(14)12)15(2)11(20)16(9(7)19)5-3-4-6(17)18/h3-5H2,1-2H3,(H,17,18). The van der Waals surface area contributed by atoms with Crippen molar-refractivity contribution in [1.82, 2.24) is 18.7 Å². The van der Waals surface area contributed by atoms with Crippen molar-refractivity contribution in [3.63, 3.8) is 0 Å². The first kappa shape index (κ1) is 14.1. The molecule has 1 N–H and O–H groups in total. The molecule has 2 rings (SSSR count). The van der Waals surface area contributed by atoms with Crippen LogP contribution in [-0.4, -0.2) is 37.6 Å². The Kier molecular flexibility index (Phi) is 3.52. The lowest BCUT2D eigenvalue weighted by atomic mass is 10.1. The van der Waals surface area contributed by atoms with Crippen molar-refractivity contribution >= 4 is 30.7 Å². The van der Waals surface area contributed by atoms with E-state index < -0.39 is 17.2 Å². The minimum atomic E-state index is -0.972. The maximum absolute atomic E-state index is 12.3. The smallest absolute Gasteiger partial charge is 0.332 e. The SMILES string of the molecule is [B]c1nc2c(c(=O)n(CCCC(=O)O)c(=O)n2C)n1C. The van der Waals surface area contributed by atoms with Gasteiger partial charge in [-0.3, -0.25) is 18.7 Å². The van der Waals surface area contributed by atoms with Crippen LogP contribution >= 0.6 is 0 Å². The number of imidazole rings is 1. The van der Waals surface area contributed by atoms with Crippen LogP contribution in [0.1, 0.15) is 12.8 Å². The fourth-order valence-corrected chi connectivity index (χ4v) is 2.05. The van der Waals surface area contributed by atoms with Crippen molar-refractivity contribution in [3.8, 4) is 0 Å². The molecule has 9 heteroatoms. The summed E-state index contributed by atoms with van der Waals surface area (Å²) in [6.07, 6.45) is 0.0878. The zero-order chi connectivity index (χ0) is 15.0. The third-order valence-electron chi connectivity index (χ3n) is 3.17. The van der Waals surface area contributed by atoms with Crippen LogP contribution in [0, 0.1) is 0 Å². The van der Waals surface area contributed by atoms with E-state index in [1.165, 1.54) is 16.2 Å². The largest absolute Gasteiger partial charge is 0.481 e. The van der Waals surface area contributed by atoms with E-state index in [0.717, 1.165) is 4.57 Å². The van der Waals surface area contributed by atoms with Gasteiger partial charge in [0.2, 0.25) is 0 Å². The van der Waals surface area contributed by atoms with Gasteiger partial charge in [0.05, 0.1) is 5.72 Å². The molecule has 0 saturated heterocycles. The molecular weight excluding hydrogens is 263 g/mol. The zero-order valence-electron chi connectivity index (χ0n) is 11.2. The van der Waals surface area contributed by atoms with Gasteiger partial charge in [0, 0.05) is 27.1 Å². The molecule has 8 nitrogen and oxygen atoms in total. The number of rotatable bonds is 4. The first-order valence-electron chi connectivity index (χ1n) is 5.98. The maximum atomic E-state index is 12.3. The van der Waals surface area contributed by atoms with Crippen LogP contribution < -0.4 is 17.0 Å².